The summed E-state index contributed by atoms with van der Waals surface area (Å²) in [5.74, 6) is 2.66. The van der Waals surface area contributed by atoms with Crippen LogP contribution >= 0.6 is 11.3 Å². The second-order valence-electron chi connectivity index (χ2n) is 7.60. The van der Waals surface area contributed by atoms with Crippen molar-refractivity contribution in [3.05, 3.63) is 39.3 Å². The van der Waals surface area contributed by atoms with Crippen molar-refractivity contribution in [3.63, 3.8) is 0 Å². The van der Waals surface area contributed by atoms with Crippen LogP contribution < -0.4 is 5.56 Å². The number of aliphatic hydroxyl groups excluding tert-OH is 1. The minimum absolute atomic E-state index is 0.0963. The molecule has 2 N–H and O–H groups in total. The normalized spacial score (nSPS) is 12.3. The molecule has 2 aromatic rings. The molecule has 0 aliphatic heterocycles. The number of nitrogens with zero attached hydrogens (tertiary/aromatic N) is 2. The van der Waals surface area contributed by atoms with E-state index in [0.717, 1.165) is 11.3 Å². The monoisotopic (exact) mass is 447 g/mol. The van der Waals surface area contributed by atoms with Gasteiger partial charge in [-0.25, -0.2) is 9.78 Å². The van der Waals surface area contributed by atoms with Crippen molar-refractivity contribution < 1.29 is 19.4 Å². The summed E-state index contributed by atoms with van der Waals surface area (Å²) < 4.78 is 10.3. The quantitative estimate of drug-likeness (QED) is 0.222. The lowest BCUT2D eigenvalue weighted by atomic mass is 10.2. The number of nitrogens with one attached hydrogen (secondary N) is 1. The first-order valence-electron chi connectivity index (χ1n) is 9.98. The van der Waals surface area contributed by atoms with Gasteiger partial charge in [0.05, 0.1) is 24.6 Å². The molecule has 0 aliphatic rings. The van der Waals surface area contributed by atoms with Crippen LogP contribution in [0.5, 0.6) is 0 Å². The lowest BCUT2D eigenvalue weighted by Gasteiger charge is -2.26. The molecule has 2 aromatic heterocycles. The Morgan fingerprint density at radius 3 is 2.84 bits per heavy atom. The lowest BCUT2D eigenvalue weighted by molar-refractivity contribution is 0.0232. The number of hydrogen-bond donors (Lipinski definition) is 2. The molecule has 9 heteroatoms. The van der Waals surface area contributed by atoms with E-state index in [1.165, 1.54) is 6.08 Å². The zero-order chi connectivity index (χ0) is 23.0. The maximum atomic E-state index is 12.7. The Labute approximate surface area is 185 Å². The number of fused-ring (bicyclic) bond motifs is 1. The van der Waals surface area contributed by atoms with Gasteiger partial charge in [-0.15, -0.1) is 17.8 Å². The number of rotatable bonds is 12. The summed E-state index contributed by atoms with van der Waals surface area (Å²) in [6, 6.07) is 0. The topological polar surface area (TPSA) is 105 Å². The van der Waals surface area contributed by atoms with E-state index in [0.29, 0.717) is 52.0 Å². The Balaban J connectivity index is 2.25. The van der Waals surface area contributed by atoms with Gasteiger partial charge in [0.2, 0.25) is 0 Å². The standard InChI is InChI=1S/C22H29N3O5S/c1-6-8-29-13-16(26)11-25(10-14(3)4)12-17-23-20(27)18-15(5)19(31-21(18)24-17)22(28)30-9-7-2/h1,7,14,16,26H,2,8-13H2,3-5H3,(H,23,24,27)/t16-/m1/s1. The zero-order valence-electron chi connectivity index (χ0n) is 18.1. The second kappa shape index (κ2) is 11.8. The van der Waals surface area contributed by atoms with Gasteiger partial charge < -0.3 is 19.6 Å². The first-order valence-corrected chi connectivity index (χ1v) is 10.8. The largest absolute Gasteiger partial charge is 0.457 e. The molecule has 0 spiro atoms. The van der Waals surface area contributed by atoms with Crippen molar-refractivity contribution in [1.82, 2.24) is 14.9 Å². The van der Waals surface area contributed by atoms with Crippen molar-refractivity contribution in [2.45, 2.75) is 33.4 Å². The van der Waals surface area contributed by atoms with E-state index in [2.05, 4.69) is 36.3 Å². The van der Waals surface area contributed by atoms with Gasteiger partial charge in [-0.05, 0) is 18.4 Å². The molecule has 0 bridgehead atoms. The van der Waals surface area contributed by atoms with Crippen LogP contribution in [0.15, 0.2) is 17.4 Å². The number of thiophene rings is 1. The third-order valence-electron chi connectivity index (χ3n) is 4.33. The Bertz CT molecular complexity index is 1000. The average molecular weight is 448 g/mol. The van der Waals surface area contributed by atoms with Gasteiger partial charge in [0.25, 0.3) is 5.56 Å². The van der Waals surface area contributed by atoms with E-state index in [-0.39, 0.29) is 25.4 Å². The van der Waals surface area contributed by atoms with Crippen LogP contribution in [0.4, 0.5) is 0 Å². The molecule has 0 aromatic carbocycles. The first kappa shape index (κ1) is 24.8. The van der Waals surface area contributed by atoms with E-state index >= 15 is 0 Å². The molecule has 2 heterocycles. The van der Waals surface area contributed by atoms with Crippen molar-refractivity contribution in [2.75, 3.05) is 32.9 Å². The maximum absolute atomic E-state index is 12.7. The second-order valence-corrected chi connectivity index (χ2v) is 8.60. The SMILES string of the molecule is C#CCOC[C@H](O)CN(Cc1nc2sc(C(=O)OCC=C)c(C)c2c(=O)[nH]1)CC(C)C. The molecule has 0 fully saturated rings. The van der Waals surface area contributed by atoms with Crippen molar-refractivity contribution in [3.8, 4) is 12.3 Å². The highest BCUT2D eigenvalue weighted by atomic mass is 32.1. The number of aryl methyl sites for hydroxylation is 1. The average Bonchev–Trinajstić information content (AvgIpc) is 3.02. The number of hydrogen-bond acceptors (Lipinski definition) is 8. The van der Waals surface area contributed by atoms with Gasteiger partial charge in [0.15, 0.2) is 0 Å². The molecule has 0 unspecified atom stereocenters. The molecular formula is C22H29N3O5S. The highest BCUT2D eigenvalue weighted by Crippen LogP contribution is 2.27. The molecule has 31 heavy (non-hydrogen) atoms. The molecule has 8 nitrogen and oxygen atoms in total. The van der Waals surface area contributed by atoms with Crippen molar-refractivity contribution in [2.24, 2.45) is 5.92 Å². The summed E-state index contributed by atoms with van der Waals surface area (Å²) in [5, 5.41) is 10.6. The van der Waals surface area contributed by atoms with Crippen LogP contribution in [0.1, 0.15) is 34.9 Å². The third kappa shape index (κ3) is 7.01. The zero-order valence-corrected chi connectivity index (χ0v) is 19.0. The highest BCUT2D eigenvalue weighted by molar-refractivity contribution is 7.20. The maximum Gasteiger partial charge on any atom is 0.348 e. The number of terminal acetylenes is 1. The summed E-state index contributed by atoms with van der Waals surface area (Å²) in [5.41, 5.74) is 0.244. The fraction of sp³-hybridized carbons (Fsp3) is 0.500. The minimum atomic E-state index is -0.724. The number of carbonyl (C=O) groups excluding carboxylic acids is 1. The number of aliphatic hydroxyl groups is 1. The lowest BCUT2D eigenvalue weighted by Crippen LogP contribution is -2.37. The molecule has 0 aliphatic carbocycles. The highest BCUT2D eigenvalue weighted by Gasteiger charge is 2.21. The fourth-order valence-corrected chi connectivity index (χ4v) is 4.29. The molecular weight excluding hydrogens is 418 g/mol. The molecule has 0 saturated heterocycles. The number of aromatic amines is 1. The Hall–Kier alpha value is -2.51. The molecule has 168 valence electrons. The predicted octanol–water partition coefficient (Wildman–Crippen LogP) is 2.10. The van der Waals surface area contributed by atoms with E-state index in [1.54, 1.807) is 6.92 Å². The van der Waals surface area contributed by atoms with Gasteiger partial charge in [-0.2, -0.15) is 0 Å². The predicted molar refractivity (Wildman–Crippen MR) is 121 cm³/mol. The fourth-order valence-electron chi connectivity index (χ4n) is 3.19. The third-order valence-corrected chi connectivity index (χ3v) is 5.49. The van der Waals surface area contributed by atoms with E-state index in [9.17, 15) is 14.7 Å². The molecule has 1 atom stereocenters. The van der Waals surface area contributed by atoms with Crippen LogP contribution in [-0.2, 0) is 16.0 Å². The summed E-state index contributed by atoms with van der Waals surface area (Å²) in [7, 11) is 0. The van der Waals surface area contributed by atoms with Gasteiger partial charge in [0, 0.05) is 13.1 Å². The molecule has 2 rings (SSSR count). The number of ether oxygens (including phenoxy) is 2. The molecule has 0 saturated carbocycles. The number of aromatic nitrogens is 2. The van der Waals surface area contributed by atoms with Crippen LogP contribution in [0, 0.1) is 25.2 Å². The molecule has 0 radical (unpaired) electrons. The van der Waals surface area contributed by atoms with Crippen LogP contribution in [0.2, 0.25) is 0 Å². The Morgan fingerprint density at radius 2 is 2.19 bits per heavy atom. The summed E-state index contributed by atoms with van der Waals surface area (Å²) in [6.45, 7) is 11.1. The summed E-state index contributed by atoms with van der Waals surface area (Å²) >= 11 is 1.13. The smallest absolute Gasteiger partial charge is 0.348 e. The van der Waals surface area contributed by atoms with Crippen LogP contribution in [0.3, 0.4) is 0 Å². The number of esters is 1. The van der Waals surface area contributed by atoms with Gasteiger partial charge >= 0.3 is 5.97 Å². The van der Waals surface area contributed by atoms with Gasteiger partial charge in [-0.3, -0.25) is 9.69 Å². The van der Waals surface area contributed by atoms with Crippen molar-refractivity contribution in [1.29, 1.82) is 0 Å². The Morgan fingerprint density at radius 1 is 1.45 bits per heavy atom. The number of H-pyrrole nitrogens is 1. The van der Waals surface area contributed by atoms with Crippen LogP contribution in [-0.4, -0.2) is 65.0 Å². The van der Waals surface area contributed by atoms with Gasteiger partial charge in [-0.1, -0.05) is 32.4 Å². The van der Waals surface area contributed by atoms with Crippen molar-refractivity contribution >= 4 is 27.5 Å². The van der Waals surface area contributed by atoms with E-state index in [1.807, 2.05) is 4.90 Å². The minimum Gasteiger partial charge on any atom is -0.457 e. The number of carbonyl (C=O) groups is 1. The van der Waals surface area contributed by atoms with E-state index in [4.69, 9.17) is 15.9 Å². The summed E-state index contributed by atoms with van der Waals surface area (Å²) in [4.78, 5) is 35.2. The van der Waals surface area contributed by atoms with E-state index < -0.39 is 12.1 Å². The summed E-state index contributed by atoms with van der Waals surface area (Å²) in [6.07, 6.45) is 5.92. The van der Waals surface area contributed by atoms with Crippen LogP contribution in [0.25, 0.3) is 10.2 Å². The Kier molecular flexibility index (Phi) is 9.40. The first-order chi connectivity index (χ1) is 14.8. The molecule has 0 amide bonds. The van der Waals surface area contributed by atoms with Gasteiger partial charge in [0.1, 0.15) is 28.7 Å².